The van der Waals surface area contributed by atoms with E-state index in [0.29, 0.717) is 16.5 Å². The monoisotopic (exact) mass is 334 g/mol. The van der Waals surface area contributed by atoms with Crippen LogP contribution in [-0.2, 0) is 6.18 Å². The number of nitrogens with zero attached hydrogens (tertiary/aromatic N) is 1. The van der Waals surface area contributed by atoms with Gasteiger partial charge in [-0.1, -0.05) is 12.1 Å². The lowest BCUT2D eigenvalue weighted by atomic mass is 10.0. The molecule has 0 radical (unpaired) electrons. The lowest BCUT2D eigenvalue weighted by Gasteiger charge is -2.16. The van der Waals surface area contributed by atoms with E-state index in [0.717, 1.165) is 6.07 Å². The van der Waals surface area contributed by atoms with Gasteiger partial charge in [0.1, 0.15) is 11.6 Å². The zero-order valence-corrected chi connectivity index (χ0v) is 12.9. The topological polar surface area (TPSA) is 55.0 Å². The van der Waals surface area contributed by atoms with Crippen LogP contribution in [0.4, 0.5) is 13.2 Å². The molecule has 4 nitrogen and oxygen atoms in total. The van der Waals surface area contributed by atoms with Gasteiger partial charge < -0.3 is 9.72 Å². The predicted molar refractivity (Wildman–Crippen MR) is 84.1 cm³/mol. The average molecular weight is 334 g/mol. The van der Waals surface area contributed by atoms with Crippen molar-refractivity contribution in [3.05, 3.63) is 57.9 Å². The van der Waals surface area contributed by atoms with E-state index < -0.39 is 17.3 Å². The number of aromatic nitrogens is 2. The molecule has 0 aliphatic rings. The number of para-hydroxylation sites is 1. The Morgan fingerprint density at radius 3 is 2.54 bits per heavy atom. The zero-order chi connectivity index (χ0) is 17.5. The summed E-state index contributed by atoms with van der Waals surface area (Å²) in [7, 11) is 1.19. The third-order valence-corrected chi connectivity index (χ3v) is 3.67. The van der Waals surface area contributed by atoms with Crippen LogP contribution in [0.25, 0.3) is 22.3 Å². The van der Waals surface area contributed by atoms with E-state index in [4.69, 9.17) is 4.74 Å². The van der Waals surface area contributed by atoms with Gasteiger partial charge in [-0.05, 0) is 36.8 Å². The van der Waals surface area contributed by atoms with E-state index in [9.17, 15) is 18.0 Å². The lowest BCUT2D eigenvalue weighted by molar-refractivity contribution is -0.138. The molecular formula is C17H13F3N2O2. The third-order valence-electron chi connectivity index (χ3n) is 3.67. The quantitative estimate of drug-likeness (QED) is 0.773. The van der Waals surface area contributed by atoms with Crippen LogP contribution in [0, 0.1) is 6.92 Å². The molecule has 1 heterocycles. The lowest BCUT2D eigenvalue weighted by Crippen LogP contribution is -2.12. The van der Waals surface area contributed by atoms with Gasteiger partial charge in [0.05, 0.1) is 23.6 Å². The minimum absolute atomic E-state index is 0.0787. The molecule has 0 bridgehead atoms. The van der Waals surface area contributed by atoms with Crippen LogP contribution >= 0.6 is 0 Å². The second-order valence-electron chi connectivity index (χ2n) is 5.30. The highest BCUT2D eigenvalue weighted by Gasteiger charge is 2.35. The number of aromatic amines is 1. The molecule has 0 saturated heterocycles. The number of hydrogen-bond acceptors (Lipinski definition) is 3. The molecule has 3 aromatic rings. The zero-order valence-electron chi connectivity index (χ0n) is 12.9. The van der Waals surface area contributed by atoms with E-state index in [2.05, 4.69) is 9.97 Å². The molecule has 24 heavy (non-hydrogen) atoms. The molecule has 0 unspecified atom stereocenters. The number of benzene rings is 2. The first-order valence-corrected chi connectivity index (χ1v) is 7.06. The summed E-state index contributed by atoms with van der Waals surface area (Å²) in [4.78, 5) is 18.9. The number of methoxy groups -OCH3 is 1. The minimum Gasteiger partial charge on any atom is -0.496 e. The maximum atomic E-state index is 13.3. The molecule has 0 atom stereocenters. The highest BCUT2D eigenvalue weighted by molar-refractivity contribution is 5.79. The second-order valence-corrected chi connectivity index (χ2v) is 5.30. The molecule has 1 aromatic heterocycles. The molecule has 0 amide bonds. The number of H-pyrrole nitrogens is 1. The summed E-state index contributed by atoms with van der Waals surface area (Å²) in [5, 5.41) is 0.377. The summed E-state index contributed by atoms with van der Waals surface area (Å²) in [6.07, 6.45) is -4.58. The van der Waals surface area contributed by atoms with Crippen LogP contribution in [0.5, 0.6) is 5.75 Å². The Balaban J connectivity index is 2.27. The minimum atomic E-state index is -4.58. The summed E-state index contributed by atoms with van der Waals surface area (Å²) < 4.78 is 44.7. The number of nitrogens with one attached hydrogen (secondary N) is 1. The first-order chi connectivity index (χ1) is 11.3. The Morgan fingerprint density at radius 1 is 1.17 bits per heavy atom. The van der Waals surface area contributed by atoms with E-state index >= 15 is 0 Å². The van der Waals surface area contributed by atoms with E-state index in [1.807, 2.05) is 0 Å². The highest BCUT2D eigenvalue weighted by atomic mass is 19.4. The van der Waals surface area contributed by atoms with Crippen LogP contribution in [0.15, 0.2) is 41.2 Å². The Kier molecular flexibility index (Phi) is 3.79. The Hall–Kier alpha value is -2.83. The van der Waals surface area contributed by atoms with Crippen molar-refractivity contribution in [1.29, 1.82) is 0 Å². The van der Waals surface area contributed by atoms with Gasteiger partial charge in [0.2, 0.25) is 0 Å². The maximum absolute atomic E-state index is 13.3. The molecule has 7 heteroatoms. The fourth-order valence-corrected chi connectivity index (χ4v) is 2.62. The van der Waals surface area contributed by atoms with Crippen LogP contribution in [-0.4, -0.2) is 17.1 Å². The van der Waals surface area contributed by atoms with Crippen molar-refractivity contribution in [2.75, 3.05) is 7.11 Å². The molecule has 0 aliphatic carbocycles. The van der Waals surface area contributed by atoms with Crippen LogP contribution in [0.2, 0.25) is 0 Å². The number of ether oxygens (including phenoxy) is 1. The average Bonchev–Trinajstić information content (AvgIpc) is 2.53. The van der Waals surface area contributed by atoms with Crippen LogP contribution in [0.1, 0.15) is 11.1 Å². The number of halogens is 3. The predicted octanol–water partition coefficient (Wildman–Crippen LogP) is 3.93. The summed E-state index contributed by atoms with van der Waals surface area (Å²) in [6, 6.07) is 9.07. The Labute approximate surface area is 134 Å². The van der Waals surface area contributed by atoms with Crippen molar-refractivity contribution in [1.82, 2.24) is 9.97 Å². The number of aryl methyl sites for hydroxylation is 1. The van der Waals surface area contributed by atoms with Gasteiger partial charge in [0.25, 0.3) is 5.56 Å². The van der Waals surface area contributed by atoms with Crippen molar-refractivity contribution >= 4 is 10.9 Å². The normalized spacial score (nSPS) is 11.7. The summed E-state index contributed by atoms with van der Waals surface area (Å²) >= 11 is 0. The maximum Gasteiger partial charge on any atom is 0.419 e. The van der Waals surface area contributed by atoms with E-state index in [1.54, 1.807) is 24.3 Å². The molecule has 3 rings (SSSR count). The second kappa shape index (κ2) is 5.67. The van der Waals surface area contributed by atoms with Gasteiger partial charge in [-0.3, -0.25) is 4.79 Å². The van der Waals surface area contributed by atoms with E-state index in [1.165, 1.54) is 20.1 Å². The fraction of sp³-hybridized carbons (Fsp3) is 0.176. The number of fused-ring (bicyclic) bond motifs is 1. The van der Waals surface area contributed by atoms with Crippen molar-refractivity contribution in [2.45, 2.75) is 13.1 Å². The van der Waals surface area contributed by atoms with Crippen LogP contribution < -0.4 is 10.3 Å². The summed E-state index contributed by atoms with van der Waals surface area (Å²) in [5.74, 6) is -0.163. The van der Waals surface area contributed by atoms with Crippen molar-refractivity contribution in [3.8, 4) is 17.1 Å². The standard InChI is InChI=1S/C17H13F3N2O2/c1-9-7-10(8-12(14(9)24-2)17(18,19)20)15-21-13-6-4-3-5-11(13)16(23)22-15/h3-8H,1-2H3,(H,21,22,23). The SMILES string of the molecule is COc1c(C)cc(-c2nc3ccccc3c(=O)[nH]2)cc1C(F)(F)F. The molecule has 1 N–H and O–H groups in total. The van der Waals surface area contributed by atoms with Gasteiger partial charge in [0, 0.05) is 5.56 Å². The smallest absolute Gasteiger partial charge is 0.419 e. The molecule has 0 saturated carbocycles. The first-order valence-electron chi connectivity index (χ1n) is 7.06. The molecule has 0 fully saturated rings. The molecule has 2 aromatic carbocycles. The van der Waals surface area contributed by atoms with Gasteiger partial charge in [-0.25, -0.2) is 4.98 Å². The van der Waals surface area contributed by atoms with Crippen molar-refractivity contribution in [2.24, 2.45) is 0 Å². The number of alkyl halides is 3. The third kappa shape index (κ3) is 2.73. The van der Waals surface area contributed by atoms with Gasteiger partial charge in [-0.15, -0.1) is 0 Å². The van der Waals surface area contributed by atoms with Gasteiger partial charge in [0.15, 0.2) is 0 Å². The molecule has 0 aliphatic heterocycles. The number of hydrogen-bond donors (Lipinski definition) is 1. The summed E-state index contributed by atoms with van der Waals surface area (Å²) in [5.41, 5.74) is -0.423. The first kappa shape index (κ1) is 16.0. The Morgan fingerprint density at radius 2 is 1.88 bits per heavy atom. The van der Waals surface area contributed by atoms with Gasteiger partial charge >= 0.3 is 6.18 Å². The van der Waals surface area contributed by atoms with Crippen molar-refractivity contribution < 1.29 is 17.9 Å². The number of rotatable bonds is 2. The largest absolute Gasteiger partial charge is 0.496 e. The van der Waals surface area contributed by atoms with E-state index in [-0.39, 0.29) is 17.1 Å². The highest BCUT2D eigenvalue weighted by Crippen LogP contribution is 2.40. The molecule has 0 spiro atoms. The van der Waals surface area contributed by atoms with Crippen molar-refractivity contribution in [3.63, 3.8) is 0 Å². The molecular weight excluding hydrogens is 321 g/mol. The Bertz CT molecular complexity index is 978. The van der Waals surface area contributed by atoms with Crippen LogP contribution in [0.3, 0.4) is 0 Å². The molecule has 124 valence electrons. The van der Waals surface area contributed by atoms with Gasteiger partial charge in [-0.2, -0.15) is 13.2 Å². The fourth-order valence-electron chi connectivity index (χ4n) is 2.62. The summed E-state index contributed by atoms with van der Waals surface area (Å²) in [6.45, 7) is 1.51.